The fraction of sp³-hybridized carbons (Fsp3) is 0.400. The number of hydrogen-bond donors (Lipinski definition) is 0. The van der Waals surface area contributed by atoms with E-state index in [9.17, 15) is 0 Å². The number of aromatic nitrogens is 5. The lowest BCUT2D eigenvalue weighted by Crippen LogP contribution is -2.37. The molecule has 1 aliphatic heterocycles. The zero-order valence-electron chi connectivity index (χ0n) is 15.3. The van der Waals surface area contributed by atoms with Crippen LogP contribution < -0.4 is 4.90 Å². The molecular formula is C20H24N6. The molecule has 3 aromatic rings. The molecule has 0 spiro atoms. The minimum Gasteiger partial charge on any atom is -0.354 e. The lowest BCUT2D eigenvalue weighted by atomic mass is 10.1. The second-order valence-corrected chi connectivity index (χ2v) is 6.85. The summed E-state index contributed by atoms with van der Waals surface area (Å²) in [6, 6.07) is 8.35. The lowest BCUT2D eigenvalue weighted by Gasteiger charge is -2.34. The molecule has 0 bridgehead atoms. The normalized spacial score (nSPS) is 17.5. The van der Waals surface area contributed by atoms with Crippen molar-refractivity contribution < 1.29 is 0 Å². The summed E-state index contributed by atoms with van der Waals surface area (Å²) in [6.07, 6.45) is 9.01. The van der Waals surface area contributed by atoms with E-state index in [-0.39, 0.29) is 0 Å². The summed E-state index contributed by atoms with van der Waals surface area (Å²) < 4.78 is 2.10. The molecule has 0 saturated carbocycles. The minimum atomic E-state index is 0.385. The zero-order valence-corrected chi connectivity index (χ0v) is 15.3. The van der Waals surface area contributed by atoms with Gasteiger partial charge in [-0.1, -0.05) is 13.0 Å². The SMILES string of the molecule is CCc1cc(N2CCCC(n3cc(C)cn3)C2)nc(-c2ccccn2)n1. The first kappa shape index (κ1) is 16.7. The first-order chi connectivity index (χ1) is 12.7. The Labute approximate surface area is 153 Å². The monoisotopic (exact) mass is 348 g/mol. The van der Waals surface area contributed by atoms with E-state index >= 15 is 0 Å². The molecule has 3 aromatic heterocycles. The maximum absolute atomic E-state index is 4.83. The van der Waals surface area contributed by atoms with E-state index in [0.717, 1.165) is 49.6 Å². The van der Waals surface area contributed by atoms with Crippen molar-refractivity contribution in [2.45, 2.75) is 39.2 Å². The summed E-state index contributed by atoms with van der Waals surface area (Å²) >= 11 is 0. The molecule has 134 valence electrons. The van der Waals surface area contributed by atoms with Crippen molar-refractivity contribution in [1.29, 1.82) is 0 Å². The molecule has 26 heavy (non-hydrogen) atoms. The number of hydrogen-bond acceptors (Lipinski definition) is 5. The molecule has 0 radical (unpaired) electrons. The van der Waals surface area contributed by atoms with Crippen LogP contribution in [0.3, 0.4) is 0 Å². The van der Waals surface area contributed by atoms with Gasteiger partial charge in [0.2, 0.25) is 0 Å². The smallest absolute Gasteiger partial charge is 0.180 e. The van der Waals surface area contributed by atoms with Crippen LogP contribution in [-0.4, -0.2) is 37.8 Å². The van der Waals surface area contributed by atoms with Crippen LogP contribution in [-0.2, 0) is 6.42 Å². The number of rotatable bonds is 4. The van der Waals surface area contributed by atoms with Crippen molar-refractivity contribution in [3.05, 3.63) is 54.1 Å². The molecule has 1 aliphatic rings. The van der Waals surface area contributed by atoms with Gasteiger partial charge in [0.25, 0.3) is 0 Å². The first-order valence-corrected chi connectivity index (χ1v) is 9.28. The molecule has 1 unspecified atom stereocenters. The molecule has 6 heteroatoms. The maximum Gasteiger partial charge on any atom is 0.180 e. The van der Waals surface area contributed by atoms with Crippen LogP contribution in [0.25, 0.3) is 11.5 Å². The molecule has 0 N–H and O–H groups in total. The van der Waals surface area contributed by atoms with Crippen LogP contribution in [0.4, 0.5) is 5.82 Å². The van der Waals surface area contributed by atoms with Crippen molar-refractivity contribution in [2.75, 3.05) is 18.0 Å². The lowest BCUT2D eigenvalue weighted by molar-refractivity contribution is 0.374. The van der Waals surface area contributed by atoms with Gasteiger partial charge in [0.15, 0.2) is 5.82 Å². The van der Waals surface area contributed by atoms with Crippen LogP contribution in [0, 0.1) is 6.92 Å². The minimum absolute atomic E-state index is 0.385. The molecule has 1 atom stereocenters. The Hall–Kier alpha value is -2.76. The molecule has 0 aliphatic carbocycles. The average molecular weight is 348 g/mol. The van der Waals surface area contributed by atoms with Gasteiger partial charge in [-0.05, 0) is 43.9 Å². The Bertz CT molecular complexity index is 873. The molecule has 0 amide bonds. The Morgan fingerprint density at radius 2 is 2.15 bits per heavy atom. The highest BCUT2D eigenvalue weighted by molar-refractivity contribution is 5.54. The molecule has 4 heterocycles. The highest BCUT2D eigenvalue weighted by atomic mass is 15.3. The van der Waals surface area contributed by atoms with E-state index in [4.69, 9.17) is 4.98 Å². The Morgan fingerprint density at radius 1 is 1.23 bits per heavy atom. The third-order valence-electron chi connectivity index (χ3n) is 4.85. The Kier molecular flexibility index (Phi) is 4.65. The van der Waals surface area contributed by atoms with Gasteiger partial charge in [-0.25, -0.2) is 9.97 Å². The quantitative estimate of drug-likeness (QED) is 0.723. The van der Waals surface area contributed by atoms with Crippen LogP contribution in [0.2, 0.25) is 0 Å². The van der Waals surface area contributed by atoms with Gasteiger partial charge in [-0.3, -0.25) is 9.67 Å². The van der Waals surface area contributed by atoms with E-state index in [0.29, 0.717) is 11.9 Å². The summed E-state index contributed by atoms with van der Waals surface area (Å²) in [6.45, 7) is 6.14. The summed E-state index contributed by atoms with van der Waals surface area (Å²) in [5, 5.41) is 4.51. The molecule has 6 nitrogen and oxygen atoms in total. The van der Waals surface area contributed by atoms with Gasteiger partial charge < -0.3 is 4.90 Å². The summed E-state index contributed by atoms with van der Waals surface area (Å²) in [5.74, 6) is 1.70. The summed E-state index contributed by atoms with van der Waals surface area (Å²) in [5.41, 5.74) is 3.07. The second-order valence-electron chi connectivity index (χ2n) is 6.85. The highest BCUT2D eigenvalue weighted by Gasteiger charge is 2.23. The fourth-order valence-electron chi connectivity index (χ4n) is 3.45. The van der Waals surface area contributed by atoms with Crippen LogP contribution in [0.5, 0.6) is 0 Å². The van der Waals surface area contributed by atoms with E-state index in [1.807, 2.05) is 24.4 Å². The van der Waals surface area contributed by atoms with E-state index < -0.39 is 0 Å². The van der Waals surface area contributed by atoms with Crippen molar-refractivity contribution >= 4 is 5.82 Å². The van der Waals surface area contributed by atoms with Gasteiger partial charge in [0, 0.05) is 37.2 Å². The van der Waals surface area contributed by atoms with Crippen LogP contribution in [0.1, 0.15) is 37.1 Å². The first-order valence-electron chi connectivity index (χ1n) is 9.28. The number of anilines is 1. The highest BCUT2D eigenvalue weighted by Crippen LogP contribution is 2.26. The van der Waals surface area contributed by atoms with Gasteiger partial charge in [0.05, 0.1) is 12.2 Å². The Morgan fingerprint density at radius 3 is 2.88 bits per heavy atom. The average Bonchev–Trinajstić information content (AvgIpc) is 3.15. The van der Waals surface area contributed by atoms with Crippen LogP contribution in [0.15, 0.2) is 42.9 Å². The number of aryl methyl sites for hydroxylation is 2. The standard InChI is InChI=1S/C20H24N6/c1-3-16-11-19(24-20(23-16)18-8-4-5-9-21-18)25-10-6-7-17(14-25)26-13-15(2)12-22-26/h4-5,8-9,11-13,17H,3,6-7,10,14H2,1-2H3. The number of nitrogens with zero attached hydrogens (tertiary/aromatic N) is 6. The number of piperidine rings is 1. The largest absolute Gasteiger partial charge is 0.354 e. The van der Waals surface area contributed by atoms with Crippen molar-refractivity contribution in [2.24, 2.45) is 0 Å². The van der Waals surface area contributed by atoms with E-state index in [1.54, 1.807) is 6.20 Å². The topological polar surface area (TPSA) is 59.7 Å². The molecule has 1 fully saturated rings. The predicted octanol–water partition coefficient (Wildman–Crippen LogP) is 3.45. The summed E-state index contributed by atoms with van der Waals surface area (Å²) in [7, 11) is 0. The molecule has 0 aromatic carbocycles. The molecule has 4 rings (SSSR count). The van der Waals surface area contributed by atoms with E-state index in [2.05, 4.69) is 50.8 Å². The summed E-state index contributed by atoms with van der Waals surface area (Å²) in [4.78, 5) is 16.3. The second kappa shape index (κ2) is 7.23. The van der Waals surface area contributed by atoms with Crippen molar-refractivity contribution in [3.8, 4) is 11.5 Å². The van der Waals surface area contributed by atoms with Crippen LogP contribution >= 0.6 is 0 Å². The third kappa shape index (κ3) is 3.45. The van der Waals surface area contributed by atoms with Gasteiger partial charge in [0.1, 0.15) is 11.5 Å². The zero-order chi connectivity index (χ0) is 17.9. The molecular weight excluding hydrogens is 324 g/mol. The third-order valence-corrected chi connectivity index (χ3v) is 4.85. The van der Waals surface area contributed by atoms with Crippen molar-refractivity contribution in [1.82, 2.24) is 24.7 Å². The fourth-order valence-corrected chi connectivity index (χ4v) is 3.45. The van der Waals surface area contributed by atoms with Gasteiger partial charge in [-0.2, -0.15) is 5.10 Å². The maximum atomic E-state index is 4.83. The van der Waals surface area contributed by atoms with Gasteiger partial charge >= 0.3 is 0 Å². The Balaban J connectivity index is 1.64. The van der Waals surface area contributed by atoms with E-state index in [1.165, 1.54) is 5.56 Å². The predicted molar refractivity (Wildman–Crippen MR) is 102 cm³/mol. The molecule has 1 saturated heterocycles. The van der Waals surface area contributed by atoms with Crippen molar-refractivity contribution in [3.63, 3.8) is 0 Å². The van der Waals surface area contributed by atoms with Gasteiger partial charge in [-0.15, -0.1) is 0 Å². The number of pyridine rings is 1.